The van der Waals surface area contributed by atoms with Crippen LogP contribution in [0.15, 0.2) is 26.9 Å². The predicted octanol–water partition coefficient (Wildman–Crippen LogP) is 3.39. The first-order chi connectivity index (χ1) is 13.0. The van der Waals surface area contributed by atoms with Crippen LogP contribution < -0.4 is 5.32 Å². The lowest BCUT2D eigenvalue weighted by Crippen LogP contribution is -2.24. The Labute approximate surface area is 169 Å². The van der Waals surface area contributed by atoms with Gasteiger partial charge in [-0.2, -0.15) is 0 Å². The van der Waals surface area contributed by atoms with Crippen LogP contribution >= 0.6 is 34.9 Å². The number of amides is 3. The van der Waals surface area contributed by atoms with Crippen molar-refractivity contribution in [2.45, 2.75) is 28.4 Å². The number of carbonyl (C=O) groups excluding carboxylic acids is 3. The van der Waals surface area contributed by atoms with Crippen LogP contribution in [0.2, 0.25) is 0 Å². The Morgan fingerprint density at radius 1 is 1.15 bits per heavy atom. The molecule has 0 saturated carbocycles. The molecule has 2 heterocycles. The van der Waals surface area contributed by atoms with E-state index in [1.807, 2.05) is 0 Å². The summed E-state index contributed by atoms with van der Waals surface area (Å²) in [7, 11) is 1.44. The highest BCUT2D eigenvalue weighted by atomic mass is 32.2. The van der Waals surface area contributed by atoms with Crippen molar-refractivity contribution in [1.29, 1.82) is 0 Å². The van der Waals surface area contributed by atoms with Crippen molar-refractivity contribution in [3.05, 3.63) is 29.3 Å². The number of carbonyl (C=O) groups is 3. The van der Waals surface area contributed by atoms with E-state index < -0.39 is 0 Å². The molecule has 0 atom stereocenters. The lowest BCUT2D eigenvalue weighted by molar-refractivity contribution is -0.113. The molecule has 0 bridgehead atoms. The number of aromatic nitrogens is 2. The lowest BCUT2D eigenvalue weighted by Gasteiger charge is -2.05. The fourth-order valence-corrected chi connectivity index (χ4v) is 5.36. The largest absolute Gasteiger partial charge is 0.325 e. The predicted molar refractivity (Wildman–Crippen MR) is 108 cm³/mol. The highest BCUT2D eigenvalue weighted by molar-refractivity contribution is 8.03. The van der Waals surface area contributed by atoms with Crippen molar-refractivity contribution in [2.75, 3.05) is 23.9 Å². The molecule has 3 amide bonds. The Hall–Kier alpha value is -1.91. The standard InChI is InChI=1S/C17H18N4O3S3/c1-3-4-7-25-16-19-20-17(27-16)26-9-13(22)18-10-5-6-11-12(8-10)15(24)21(2)14(11)23/h5-6,8H,3-4,7,9H2,1-2H3,(H,18,22). The van der Waals surface area contributed by atoms with Crippen LogP contribution in [0, 0.1) is 0 Å². The fraction of sp³-hybridized carbons (Fsp3) is 0.353. The number of imide groups is 1. The average molecular weight is 423 g/mol. The molecule has 0 fully saturated rings. The number of unbranched alkanes of at least 4 members (excludes halogenated alkanes) is 1. The maximum absolute atomic E-state index is 12.2. The van der Waals surface area contributed by atoms with Crippen molar-refractivity contribution in [2.24, 2.45) is 0 Å². The molecule has 1 N–H and O–H groups in total. The van der Waals surface area contributed by atoms with Crippen LogP contribution in [0.3, 0.4) is 0 Å². The third-order valence-electron chi connectivity index (χ3n) is 3.81. The molecule has 7 nitrogen and oxygen atoms in total. The van der Waals surface area contributed by atoms with Crippen LogP contribution in [0.25, 0.3) is 0 Å². The van der Waals surface area contributed by atoms with Gasteiger partial charge in [-0.15, -0.1) is 10.2 Å². The van der Waals surface area contributed by atoms with E-state index in [9.17, 15) is 14.4 Å². The number of hydrogen-bond acceptors (Lipinski definition) is 8. The van der Waals surface area contributed by atoms with Crippen molar-refractivity contribution in [3.8, 4) is 0 Å². The molecule has 0 spiro atoms. The van der Waals surface area contributed by atoms with Crippen molar-refractivity contribution in [1.82, 2.24) is 15.1 Å². The van der Waals surface area contributed by atoms with E-state index in [0.29, 0.717) is 16.8 Å². The Morgan fingerprint density at radius 3 is 2.59 bits per heavy atom. The van der Waals surface area contributed by atoms with Crippen LogP contribution in [-0.4, -0.2) is 51.4 Å². The minimum Gasteiger partial charge on any atom is -0.325 e. The number of benzene rings is 1. The average Bonchev–Trinajstić information content (AvgIpc) is 3.20. The maximum Gasteiger partial charge on any atom is 0.261 e. The molecule has 3 rings (SSSR count). The molecule has 0 radical (unpaired) electrons. The molecule has 1 aromatic heterocycles. The van der Waals surface area contributed by atoms with E-state index in [2.05, 4.69) is 22.4 Å². The first kappa shape index (κ1) is 19.8. The summed E-state index contributed by atoms with van der Waals surface area (Å²) in [6.07, 6.45) is 2.28. The van der Waals surface area contributed by atoms with Crippen LogP contribution in [-0.2, 0) is 4.79 Å². The smallest absolute Gasteiger partial charge is 0.261 e. The lowest BCUT2D eigenvalue weighted by atomic mass is 10.1. The fourth-order valence-electron chi connectivity index (χ4n) is 2.38. The highest BCUT2D eigenvalue weighted by Gasteiger charge is 2.32. The third kappa shape index (κ3) is 4.69. The molecular formula is C17H18N4O3S3. The number of nitrogens with one attached hydrogen (secondary N) is 1. The Kier molecular flexibility index (Phi) is 6.51. The van der Waals surface area contributed by atoms with Gasteiger partial charge in [0.2, 0.25) is 5.91 Å². The first-order valence-corrected chi connectivity index (χ1v) is 11.1. The second-order valence-electron chi connectivity index (χ2n) is 5.80. The summed E-state index contributed by atoms with van der Waals surface area (Å²) in [6.45, 7) is 2.15. The molecule has 142 valence electrons. The van der Waals surface area contributed by atoms with Gasteiger partial charge in [-0.05, 0) is 24.6 Å². The van der Waals surface area contributed by atoms with Gasteiger partial charge >= 0.3 is 0 Å². The minimum absolute atomic E-state index is 0.193. The molecule has 0 saturated heterocycles. The summed E-state index contributed by atoms with van der Waals surface area (Å²) >= 11 is 4.49. The van der Waals surface area contributed by atoms with Crippen LogP contribution in [0.5, 0.6) is 0 Å². The van der Waals surface area contributed by atoms with E-state index in [4.69, 9.17) is 0 Å². The highest BCUT2D eigenvalue weighted by Crippen LogP contribution is 2.29. The monoisotopic (exact) mass is 422 g/mol. The molecule has 10 heteroatoms. The van der Waals surface area contributed by atoms with E-state index >= 15 is 0 Å². The summed E-state index contributed by atoms with van der Waals surface area (Å²) in [5, 5.41) is 11.0. The maximum atomic E-state index is 12.2. The molecule has 0 unspecified atom stereocenters. The second kappa shape index (κ2) is 8.85. The molecule has 1 aromatic carbocycles. The van der Waals surface area contributed by atoms with Gasteiger partial charge in [-0.1, -0.05) is 48.2 Å². The third-order valence-corrected chi connectivity index (χ3v) is 7.09. The Morgan fingerprint density at radius 2 is 1.85 bits per heavy atom. The van der Waals surface area contributed by atoms with Gasteiger partial charge in [0.05, 0.1) is 16.9 Å². The topological polar surface area (TPSA) is 92.3 Å². The zero-order valence-electron chi connectivity index (χ0n) is 14.9. The summed E-state index contributed by atoms with van der Waals surface area (Å²) in [6, 6.07) is 4.72. The molecular weight excluding hydrogens is 404 g/mol. The van der Waals surface area contributed by atoms with Crippen LogP contribution in [0.1, 0.15) is 40.5 Å². The van der Waals surface area contributed by atoms with Crippen molar-refractivity contribution < 1.29 is 14.4 Å². The SMILES string of the molecule is CCCCSc1nnc(SCC(=O)Nc2ccc3c(c2)C(=O)N(C)C3=O)s1. The summed E-state index contributed by atoms with van der Waals surface area (Å²) in [5.74, 6) is 0.318. The van der Waals surface area contributed by atoms with E-state index in [1.54, 1.807) is 23.9 Å². The van der Waals surface area contributed by atoms with Crippen molar-refractivity contribution in [3.63, 3.8) is 0 Å². The van der Waals surface area contributed by atoms with Crippen molar-refractivity contribution >= 4 is 58.3 Å². The molecule has 27 heavy (non-hydrogen) atoms. The Balaban J connectivity index is 1.53. The molecule has 2 aromatic rings. The normalized spacial score (nSPS) is 13.2. The number of anilines is 1. The second-order valence-corrected chi connectivity index (χ2v) is 9.34. The minimum atomic E-state index is -0.359. The molecule has 1 aliphatic heterocycles. The van der Waals surface area contributed by atoms with E-state index in [0.717, 1.165) is 32.2 Å². The van der Waals surface area contributed by atoms with Gasteiger partial charge in [0.1, 0.15) is 0 Å². The van der Waals surface area contributed by atoms with Gasteiger partial charge in [-0.25, -0.2) is 0 Å². The summed E-state index contributed by atoms with van der Waals surface area (Å²) in [5.41, 5.74) is 1.16. The number of hydrogen-bond donors (Lipinski definition) is 1. The number of nitrogens with zero attached hydrogens (tertiary/aromatic N) is 3. The van der Waals surface area contributed by atoms with E-state index in [1.165, 1.54) is 36.2 Å². The van der Waals surface area contributed by atoms with Gasteiger partial charge in [0.25, 0.3) is 11.8 Å². The summed E-state index contributed by atoms with van der Waals surface area (Å²) < 4.78 is 1.66. The quantitative estimate of drug-likeness (QED) is 0.396. The zero-order chi connectivity index (χ0) is 19.4. The van der Waals surface area contributed by atoms with Gasteiger partial charge in [-0.3, -0.25) is 19.3 Å². The number of thioether (sulfide) groups is 2. The molecule has 0 aliphatic carbocycles. The van der Waals surface area contributed by atoms with Gasteiger partial charge < -0.3 is 5.32 Å². The number of fused-ring (bicyclic) bond motifs is 1. The number of rotatable bonds is 8. The Bertz CT molecular complexity index is 884. The molecule has 1 aliphatic rings. The van der Waals surface area contributed by atoms with Gasteiger partial charge in [0, 0.05) is 18.5 Å². The van der Waals surface area contributed by atoms with E-state index in [-0.39, 0.29) is 23.5 Å². The first-order valence-electron chi connectivity index (χ1n) is 8.35. The van der Waals surface area contributed by atoms with Gasteiger partial charge in [0.15, 0.2) is 8.68 Å². The van der Waals surface area contributed by atoms with Crippen LogP contribution in [0.4, 0.5) is 5.69 Å². The zero-order valence-corrected chi connectivity index (χ0v) is 17.3. The summed E-state index contributed by atoms with van der Waals surface area (Å²) in [4.78, 5) is 37.1.